The van der Waals surface area contributed by atoms with Crippen molar-refractivity contribution >= 4 is 7.85 Å². The minimum atomic E-state index is -0.445. The van der Waals surface area contributed by atoms with Crippen LogP contribution in [0.4, 0.5) is 0 Å². The molecule has 2 unspecified atom stereocenters. The zero-order valence-electron chi connectivity index (χ0n) is 9.68. The molecule has 1 rings (SSSR count). The largest absolute Gasteiger partial charge is 0.390 e. The highest BCUT2D eigenvalue weighted by molar-refractivity contribution is 6.15. The minimum Gasteiger partial charge on any atom is -0.390 e. The van der Waals surface area contributed by atoms with E-state index in [1.54, 1.807) is 0 Å². The van der Waals surface area contributed by atoms with Gasteiger partial charge < -0.3 is 5.11 Å². The Hall–Kier alpha value is 0.0249. The summed E-state index contributed by atoms with van der Waals surface area (Å²) in [4.78, 5) is 0. The van der Waals surface area contributed by atoms with Crippen LogP contribution in [0.1, 0.15) is 65.2 Å². The van der Waals surface area contributed by atoms with Gasteiger partial charge in [0.05, 0.1) is 13.4 Å². The van der Waals surface area contributed by atoms with Crippen LogP contribution in [0.15, 0.2) is 0 Å². The van der Waals surface area contributed by atoms with Gasteiger partial charge in [-0.15, -0.1) is 0 Å². The van der Waals surface area contributed by atoms with Crippen molar-refractivity contribution in [1.29, 1.82) is 0 Å². The Balaban J connectivity index is 2.52. The molecule has 1 aliphatic carbocycles. The molecule has 2 radical (unpaired) electrons. The molecule has 80 valence electrons. The highest BCUT2D eigenvalue weighted by Crippen LogP contribution is 2.41. The van der Waals surface area contributed by atoms with Gasteiger partial charge in [0.25, 0.3) is 0 Å². The first kappa shape index (κ1) is 12.1. The monoisotopic (exact) mass is 194 g/mol. The number of hydrogen-bond donors (Lipinski definition) is 1. The maximum absolute atomic E-state index is 10.0. The van der Waals surface area contributed by atoms with Gasteiger partial charge in [-0.3, -0.25) is 0 Å². The van der Waals surface area contributed by atoms with E-state index in [1.807, 2.05) is 6.92 Å². The molecular formula is C12H23BO. The van der Waals surface area contributed by atoms with Gasteiger partial charge in [-0.2, -0.15) is 0 Å². The average molecular weight is 194 g/mol. The topological polar surface area (TPSA) is 20.2 Å². The van der Waals surface area contributed by atoms with Crippen molar-refractivity contribution in [1.82, 2.24) is 0 Å². The first-order chi connectivity index (χ1) is 6.47. The lowest BCUT2D eigenvalue weighted by atomic mass is 9.61. The minimum absolute atomic E-state index is 0.0421. The van der Waals surface area contributed by atoms with Crippen molar-refractivity contribution in [2.75, 3.05) is 0 Å². The molecule has 0 amide bonds. The smallest absolute Gasteiger partial charge is 0.0746 e. The van der Waals surface area contributed by atoms with E-state index in [0.29, 0.717) is 0 Å². The third-order valence-electron chi connectivity index (χ3n) is 3.73. The fourth-order valence-electron chi connectivity index (χ4n) is 2.41. The van der Waals surface area contributed by atoms with Crippen molar-refractivity contribution in [3.05, 3.63) is 0 Å². The van der Waals surface area contributed by atoms with E-state index in [2.05, 4.69) is 6.92 Å². The lowest BCUT2D eigenvalue weighted by molar-refractivity contribution is 0.0384. The normalized spacial score (nSPS) is 41.1. The molecule has 0 bridgehead atoms. The predicted octanol–water partition coefficient (Wildman–Crippen LogP) is 3.22. The van der Waals surface area contributed by atoms with E-state index in [4.69, 9.17) is 7.85 Å². The van der Waals surface area contributed by atoms with Crippen LogP contribution in [-0.4, -0.2) is 18.6 Å². The number of aliphatic hydroxyl groups is 1. The van der Waals surface area contributed by atoms with Crippen molar-refractivity contribution < 1.29 is 5.11 Å². The zero-order chi connectivity index (χ0) is 10.7. The standard InChI is InChI=1S/C12H23BO/c1-3-12(13)9-5-4-7-11(2,14)8-6-10-12/h14H,3-10H2,1-2H3. The summed E-state index contributed by atoms with van der Waals surface area (Å²) in [5.41, 5.74) is -0.445. The Morgan fingerprint density at radius 3 is 2.21 bits per heavy atom. The number of hydrogen-bond acceptors (Lipinski definition) is 1. The quantitative estimate of drug-likeness (QED) is 0.635. The van der Waals surface area contributed by atoms with E-state index in [0.717, 1.165) is 44.9 Å². The fraction of sp³-hybridized carbons (Fsp3) is 1.00. The number of rotatable bonds is 1. The molecule has 1 aliphatic rings. The van der Waals surface area contributed by atoms with Gasteiger partial charge >= 0.3 is 0 Å². The van der Waals surface area contributed by atoms with Crippen molar-refractivity contribution in [2.24, 2.45) is 0 Å². The summed E-state index contributed by atoms with van der Waals surface area (Å²) in [5, 5.41) is 10.0. The average Bonchev–Trinajstić information content (AvgIpc) is 2.17. The van der Waals surface area contributed by atoms with Gasteiger partial charge in [0.15, 0.2) is 0 Å². The summed E-state index contributed by atoms with van der Waals surface area (Å²) in [6.45, 7) is 4.14. The molecule has 0 spiro atoms. The fourth-order valence-corrected chi connectivity index (χ4v) is 2.41. The summed E-state index contributed by atoms with van der Waals surface area (Å²) in [5.74, 6) is 0. The van der Waals surface area contributed by atoms with Gasteiger partial charge in [-0.25, -0.2) is 0 Å². The van der Waals surface area contributed by atoms with Crippen LogP contribution in [0.5, 0.6) is 0 Å². The lowest BCUT2D eigenvalue weighted by Crippen LogP contribution is -2.23. The summed E-state index contributed by atoms with van der Waals surface area (Å²) in [7, 11) is 6.30. The maximum Gasteiger partial charge on any atom is 0.0746 e. The first-order valence-electron chi connectivity index (χ1n) is 5.99. The van der Waals surface area contributed by atoms with Gasteiger partial charge in [0, 0.05) is 0 Å². The second kappa shape index (κ2) is 4.70. The second-order valence-corrected chi connectivity index (χ2v) is 5.27. The lowest BCUT2D eigenvalue weighted by Gasteiger charge is -2.28. The highest BCUT2D eigenvalue weighted by atomic mass is 16.3. The molecule has 2 heteroatoms. The Morgan fingerprint density at radius 1 is 1.07 bits per heavy atom. The molecule has 0 aliphatic heterocycles. The van der Waals surface area contributed by atoms with E-state index < -0.39 is 5.60 Å². The molecule has 0 heterocycles. The molecule has 0 saturated heterocycles. The molecule has 1 fully saturated rings. The van der Waals surface area contributed by atoms with Gasteiger partial charge in [-0.05, 0) is 19.8 Å². The van der Waals surface area contributed by atoms with Crippen LogP contribution in [0.3, 0.4) is 0 Å². The Labute approximate surface area is 89.7 Å². The molecule has 0 aromatic carbocycles. The van der Waals surface area contributed by atoms with Gasteiger partial charge in [0.2, 0.25) is 0 Å². The van der Waals surface area contributed by atoms with Gasteiger partial charge in [0.1, 0.15) is 0 Å². The van der Waals surface area contributed by atoms with Crippen LogP contribution in [0.2, 0.25) is 5.31 Å². The van der Waals surface area contributed by atoms with Crippen LogP contribution in [0.25, 0.3) is 0 Å². The third kappa shape index (κ3) is 3.64. The molecule has 1 nitrogen and oxygen atoms in total. The van der Waals surface area contributed by atoms with Crippen LogP contribution >= 0.6 is 0 Å². The molecular weight excluding hydrogens is 171 g/mol. The SMILES string of the molecule is [B]C1(CC)CCCCC(C)(O)CCC1. The summed E-state index contributed by atoms with van der Waals surface area (Å²) >= 11 is 0. The van der Waals surface area contributed by atoms with Gasteiger partial charge in [-0.1, -0.05) is 50.8 Å². The Bertz CT molecular complexity index is 179. The highest BCUT2D eigenvalue weighted by Gasteiger charge is 2.26. The molecule has 1 saturated carbocycles. The van der Waals surface area contributed by atoms with Crippen molar-refractivity contribution in [3.63, 3.8) is 0 Å². The van der Waals surface area contributed by atoms with E-state index in [9.17, 15) is 5.11 Å². The van der Waals surface area contributed by atoms with Crippen LogP contribution < -0.4 is 0 Å². The van der Waals surface area contributed by atoms with E-state index in [1.165, 1.54) is 6.42 Å². The second-order valence-electron chi connectivity index (χ2n) is 5.27. The third-order valence-corrected chi connectivity index (χ3v) is 3.73. The summed E-state index contributed by atoms with van der Waals surface area (Å²) < 4.78 is 0. The molecule has 0 aromatic heterocycles. The zero-order valence-corrected chi connectivity index (χ0v) is 9.68. The van der Waals surface area contributed by atoms with Crippen LogP contribution in [-0.2, 0) is 0 Å². The molecule has 2 atom stereocenters. The Kier molecular flexibility index (Phi) is 4.06. The molecule has 1 N–H and O–H groups in total. The molecule has 14 heavy (non-hydrogen) atoms. The summed E-state index contributed by atoms with van der Waals surface area (Å²) in [6.07, 6.45) is 8.46. The van der Waals surface area contributed by atoms with Crippen molar-refractivity contribution in [3.8, 4) is 0 Å². The van der Waals surface area contributed by atoms with E-state index >= 15 is 0 Å². The predicted molar refractivity (Wildman–Crippen MR) is 61.7 cm³/mol. The Morgan fingerprint density at radius 2 is 1.57 bits per heavy atom. The molecule has 0 aromatic rings. The first-order valence-corrected chi connectivity index (χ1v) is 5.99. The van der Waals surface area contributed by atoms with E-state index in [-0.39, 0.29) is 5.31 Å². The van der Waals surface area contributed by atoms with Crippen molar-refractivity contribution in [2.45, 2.75) is 76.1 Å². The van der Waals surface area contributed by atoms with Crippen LogP contribution in [0, 0.1) is 0 Å². The maximum atomic E-state index is 10.0. The summed E-state index contributed by atoms with van der Waals surface area (Å²) in [6, 6.07) is 0.